The van der Waals surface area contributed by atoms with Gasteiger partial charge in [0.1, 0.15) is 5.78 Å². The van der Waals surface area contributed by atoms with Gasteiger partial charge in [0.15, 0.2) is 0 Å². The van der Waals surface area contributed by atoms with Gasteiger partial charge in [0.25, 0.3) is 0 Å². The molecule has 0 saturated heterocycles. The van der Waals surface area contributed by atoms with E-state index >= 15 is 0 Å². The summed E-state index contributed by atoms with van der Waals surface area (Å²) >= 11 is 0. The summed E-state index contributed by atoms with van der Waals surface area (Å²) in [5.74, 6) is 1.30. The Morgan fingerprint density at radius 3 is 3.07 bits per heavy atom. The highest BCUT2D eigenvalue weighted by atomic mass is 16.1. The summed E-state index contributed by atoms with van der Waals surface area (Å²) in [4.78, 5) is 11.6. The maximum absolute atomic E-state index is 11.6. The number of carbonyl (C=O) groups is 1. The summed E-state index contributed by atoms with van der Waals surface area (Å²) in [6.07, 6.45) is 11.2. The average Bonchev–Trinajstić information content (AvgIpc) is 2.17. The molecule has 14 heavy (non-hydrogen) atoms. The van der Waals surface area contributed by atoms with E-state index in [2.05, 4.69) is 6.58 Å². The molecule has 2 saturated carbocycles. The number of carbonyl (C=O) groups excluding carboxylic acids is 1. The Hall–Kier alpha value is -0.590. The molecule has 2 aliphatic rings. The third kappa shape index (κ3) is 1.65. The second-order valence-electron chi connectivity index (χ2n) is 5.05. The second-order valence-corrected chi connectivity index (χ2v) is 5.05. The minimum atomic E-state index is 0.329. The fourth-order valence-electron chi connectivity index (χ4n) is 3.51. The van der Waals surface area contributed by atoms with Crippen molar-refractivity contribution in [3.05, 3.63) is 12.7 Å². The molecule has 0 radical (unpaired) electrons. The van der Waals surface area contributed by atoms with Crippen LogP contribution in [0.25, 0.3) is 0 Å². The molecule has 0 heterocycles. The predicted molar refractivity (Wildman–Crippen MR) is 58.1 cm³/mol. The second kappa shape index (κ2) is 3.88. The zero-order valence-electron chi connectivity index (χ0n) is 8.93. The summed E-state index contributed by atoms with van der Waals surface area (Å²) in [6.45, 7) is 3.85. The van der Waals surface area contributed by atoms with Gasteiger partial charge in [-0.1, -0.05) is 18.9 Å². The highest BCUT2D eigenvalue weighted by molar-refractivity contribution is 5.80. The summed E-state index contributed by atoms with van der Waals surface area (Å²) in [6, 6.07) is 0. The first kappa shape index (κ1) is 9.95. The highest BCUT2D eigenvalue weighted by Gasteiger charge is 2.43. The quantitative estimate of drug-likeness (QED) is 0.612. The van der Waals surface area contributed by atoms with E-state index in [9.17, 15) is 4.79 Å². The number of rotatable bonds is 2. The van der Waals surface area contributed by atoms with Gasteiger partial charge in [-0.15, -0.1) is 6.58 Å². The van der Waals surface area contributed by atoms with E-state index in [1.807, 2.05) is 6.08 Å². The zero-order valence-corrected chi connectivity index (χ0v) is 8.93. The third-order valence-electron chi connectivity index (χ3n) is 4.22. The Morgan fingerprint density at radius 1 is 1.43 bits per heavy atom. The molecule has 2 rings (SSSR count). The van der Waals surface area contributed by atoms with Crippen molar-refractivity contribution >= 4 is 5.78 Å². The Kier molecular flexibility index (Phi) is 2.76. The van der Waals surface area contributed by atoms with Gasteiger partial charge in [-0.05, 0) is 37.0 Å². The number of ketones is 1. The molecule has 0 aromatic carbocycles. The largest absolute Gasteiger partial charge is 0.300 e. The molecule has 0 unspecified atom stereocenters. The van der Waals surface area contributed by atoms with Crippen LogP contribution in [-0.2, 0) is 4.79 Å². The van der Waals surface area contributed by atoms with E-state index in [1.54, 1.807) is 0 Å². The third-order valence-corrected chi connectivity index (χ3v) is 4.22. The van der Waals surface area contributed by atoms with E-state index in [0.29, 0.717) is 11.2 Å². The van der Waals surface area contributed by atoms with E-state index in [1.165, 1.54) is 25.7 Å². The van der Waals surface area contributed by atoms with Crippen LogP contribution in [0.5, 0.6) is 0 Å². The van der Waals surface area contributed by atoms with Crippen LogP contribution in [0.3, 0.4) is 0 Å². The van der Waals surface area contributed by atoms with Gasteiger partial charge in [0.2, 0.25) is 0 Å². The lowest BCUT2D eigenvalue weighted by molar-refractivity contribution is -0.127. The first-order valence-corrected chi connectivity index (χ1v) is 5.89. The monoisotopic (exact) mass is 192 g/mol. The molecule has 1 nitrogen and oxygen atoms in total. The summed E-state index contributed by atoms with van der Waals surface area (Å²) < 4.78 is 0. The molecule has 2 fully saturated rings. The Bertz CT molecular complexity index is 244. The van der Waals surface area contributed by atoms with Crippen molar-refractivity contribution in [2.45, 2.75) is 51.4 Å². The first-order chi connectivity index (χ1) is 6.77. The molecule has 0 N–H and O–H groups in total. The van der Waals surface area contributed by atoms with Crippen molar-refractivity contribution in [2.24, 2.45) is 11.3 Å². The summed E-state index contributed by atoms with van der Waals surface area (Å²) in [5.41, 5.74) is 0.329. The molecular formula is C13H20O. The number of hydrogen-bond acceptors (Lipinski definition) is 1. The van der Waals surface area contributed by atoms with Gasteiger partial charge in [0, 0.05) is 12.8 Å². The standard InChI is InChI=1S/C13H20O/c1-2-8-13-9-4-3-5-11(13)6-7-12(14)10-13/h2,11H,1,3-10H2/t11-,13+/m0/s1. The van der Waals surface area contributed by atoms with Crippen LogP contribution >= 0.6 is 0 Å². The Morgan fingerprint density at radius 2 is 2.29 bits per heavy atom. The van der Waals surface area contributed by atoms with Crippen LogP contribution in [0.1, 0.15) is 51.4 Å². The van der Waals surface area contributed by atoms with Gasteiger partial charge >= 0.3 is 0 Å². The number of fused-ring (bicyclic) bond motifs is 1. The van der Waals surface area contributed by atoms with Crippen LogP contribution in [0.2, 0.25) is 0 Å². The SMILES string of the molecule is C=CC[C@]12CCCC[C@H]1CCC(=O)C2. The lowest BCUT2D eigenvalue weighted by atomic mass is 9.58. The molecule has 1 heteroatoms. The predicted octanol–water partition coefficient (Wildman–Crippen LogP) is 3.49. The molecule has 78 valence electrons. The summed E-state index contributed by atoms with van der Waals surface area (Å²) in [7, 11) is 0. The number of hydrogen-bond donors (Lipinski definition) is 0. The molecule has 0 aromatic rings. The molecule has 0 aliphatic heterocycles. The van der Waals surface area contributed by atoms with E-state index in [0.717, 1.165) is 31.6 Å². The number of Topliss-reactive ketones (excluding diaryl/α,β-unsaturated/α-hetero) is 1. The van der Waals surface area contributed by atoms with Gasteiger partial charge in [-0.3, -0.25) is 4.79 Å². The fourth-order valence-corrected chi connectivity index (χ4v) is 3.51. The van der Waals surface area contributed by atoms with Gasteiger partial charge < -0.3 is 0 Å². The normalized spacial score (nSPS) is 37.7. The molecule has 0 bridgehead atoms. The van der Waals surface area contributed by atoms with Crippen LogP contribution in [-0.4, -0.2) is 5.78 Å². The van der Waals surface area contributed by atoms with Crippen LogP contribution < -0.4 is 0 Å². The van der Waals surface area contributed by atoms with Crippen molar-refractivity contribution in [3.63, 3.8) is 0 Å². The van der Waals surface area contributed by atoms with Crippen LogP contribution in [0.4, 0.5) is 0 Å². The van der Waals surface area contributed by atoms with Crippen molar-refractivity contribution in [1.82, 2.24) is 0 Å². The number of allylic oxidation sites excluding steroid dienone is 1. The Labute approximate surface area is 86.6 Å². The minimum absolute atomic E-state index is 0.329. The molecule has 0 aromatic heterocycles. The van der Waals surface area contributed by atoms with Gasteiger partial charge in [0.05, 0.1) is 0 Å². The van der Waals surface area contributed by atoms with E-state index in [-0.39, 0.29) is 0 Å². The maximum atomic E-state index is 11.6. The van der Waals surface area contributed by atoms with Gasteiger partial charge in [-0.2, -0.15) is 0 Å². The lowest BCUT2D eigenvalue weighted by Gasteiger charge is -2.46. The first-order valence-electron chi connectivity index (χ1n) is 5.89. The van der Waals surface area contributed by atoms with Crippen molar-refractivity contribution in [1.29, 1.82) is 0 Å². The maximum Gasteiger partial charge on any atom is 0.133 e. The van der Waals surface area contributed by atoms with E-state index < -0.39 is 0 Å². The van der Waals surface area contributed by atoms with E-state index in [4.69, 9.17) is 0 Å². The highest BCUT2D eigenvalue weighted by Crippen LogP contribution is 2.51. The van der Waals surface area contributed by atoms with Crippen LogP contribution in [0, 0.1) is 11.3 Å². The molecule has 2 atom stereocenters. The molecule has 0 amide bonds. The van der Waals surface area contributed by atoms with Crippen molar-refractivity contribution in [2.75, 3.05) is 0 Å². The van der Waals surface area contributed by atoms with Crippen molar-refractivity contribution in [3.8, 4) is 0 Å². The fraction of sp³-hybridized carbons (Fsp3) is 0.769. The zero-order chi connectivity index (χ0) is 10.0. The molecular weight excluding hydrogens is 172 g/mol. The summed E-state index contributed by atoms with van der Waals surface area (Å²) in [5, 5.41) is 0. The lowest BCUT2D eigenvalue weighted by Crippen LogP contribution is -2.39. The smallest absolute Gasteiger partial charge is 0.133 e. The molecule has 2 aliphatic carbocycles. The van der Waals surface area contributed by atoms with Crippen molar-refractivity contribution < 1.29 is 4.79 Å². The average molecular weight is 192 g/mol. The topological polar surface area (TPSA) is 17.1 Å². The minimum Gasteiger partial charge on any atom is -0.300 e. The van der Waals surface area contributed by atoms with Crippen LogP contribution in [0.15, 0.2) is 12.7 Å². The Balaban J connectivity index is 2.17. The van der Waals surface area contributed by atoms with Gasteiger partial charge in [-0.25, -0.2) is 0 Å². The molecule has 0 spiro atoms.